The minimum absolute atomic E-state index is 0.0928. The summed E-state index contributed by atoms with van der Waals surface area (Å²) in [5, 5.41) is 6.92. The van der Waals surface area contributed by atoms with Crippen molar-refractivity contribution in [2.75, 3.05) is 11.9 Å². The van der Waals surface area contributed by atoms with E-state index in [0.717, 1.165) is 27.5 Å². The molecule has 0 fully saturated rings. The maximum absolute atomic E-state index is 12.0. The van der Waals surface area contributed by atoms with E-state index in [1.807, 2.05) is 36.4 Å². The number of rotatable bonds is 6. The average molecular weight is 377 g/mol. The number of anilines is 1. The number of furan rings is 1. The van der Waals surface area contributed by atoms with Crippen LogP contribution in [0.5, 0.6) is 0 Å². The van der Waals surface area contributed by atoms with Crippen molar-refractivity contribution in [2.45, 2.75) is 13.5 Å². The second-order valence-electron chi connectivity index (χ2n) is 6.30. The number of amides is 1. The van der Waals surface area contributed by atoms with Gasteiger partial charge >= 0.3 is 0 Å². The molecule has 0 spiro atoms. The molecule has 0 aliphatic carbocycles. The molecule has 5 nitrogen and oxygen atoms in total. The molecule has 4 rings (SSSR count). The second kappa shape index (κ2) is 7.73. The molecule has 0 aliphatic rings. The molecule has 1 amide bonds. The summed E-state index contributed by atoms with van der Waals surface area (Å²) in [6.07, 6.45) is 1.62. The Hall–Kier alpha value is -2.96. The molecule has 136 valence electrons. The maximum atomic E-state index is 12.0. The van der Waals surface area contributed by atoms with E-state index in [-0.39, 0.29) is 12.5 Å². The number of aryl methyl sites for hydroxylation is 1. The lowest BCUT2D eigenvalue weighted by molar-refractivity contribution is -0.115. The molecule has 0 saturated carbocycles. The van der Waals surface area contributed by atoms with Crippen LogP contribution >= 0.6 is 11.3 Å². The van der Waals surface area contributed by atoms with Crippen molar-refractivity contribution in [3.8, 4) is 10.6 Å². The molecule has 27 heavy (non-hydrogen) atoms. The molecule has 2 aromatic carbocycles. The molecule has 0 saturated heterocycles. The Bertz CT molecular complexity index is 1050. The highest BCUT2D eigenvalue weighted by Crippen LogP contribution is 2.31. The van der Waals surface area contributed by atoms with Gasteiger partial charge in [-0.15, -0.1) is 11.3 Å². The third kappa shape index (κ3) is 4.24. The molecule has 0 bridgehead atoms. The molecule has 0 atom stereocenters. The normalized spacial score (nSPS) is 11.0. The van der Waals surface area contributed by atoms with Crippen molar-refractivity contribution in [3.05, 3.63) is 72.2 Å². The van der Waals surface area contributed by atoms with E-state index in [1.54, 1.807) is 17.6 Å². The summed E-state index contributed by atoms with van der Waals surface area (Å²) in [4.78, 5) is 16.7. The molecule has 4 aromatic rings. The fraction of sp³-hybridized carbons (Fsp3) is 0.143. The summed E-state index contributed by atoms with van der Waals surface area (Å²) >= 11 is 1.68. The molecule has 0 radical (unpaired) electrons. The fourth-order valence-electron chi connectivity index (χ4n) is 2.77. The van der Waals surface area contributed by atoms with Crippen LogP contribution in [0.1, 0.15) is 11.3 Å². The zero-order chi connectivity index (χ0) is 18.6. The Kier molecular flexibility index (Phi) is 5.00. The number of nitrogens with one attached hydrogen (secondary N) is 2. The van der Waals surface area contributed by atoms with Crippen molar-refractivity contribution >= 4 is 33.1 Å². The number of nitrogens with zero attached hydrogens (tertiary/aromatic N) is 1. The predicted molar refractivity (Wildman–Crippen MR) is 109 cm³/mol. The maximum Gasteiger partial charge on any atom is 0.238 e. The highest BCUT2D eigenvalue weighted by molar-refractivity contribution is 7.21. The highest BCUT2D eigenvalue weighted by Gasteiger charge is 2.08. The van der Waals surface area contributed by atoms with Gasteiger partial charge in [0, 0.05) is 11.3 Å². The lowest BCUT2D eigenvalue weighted by Crippen LogP contribution is -2.27. The van der Waals surface area contributed by atoms with E-state index >= 15 is 0 Å². The molecular formula is C21H19N3O2S. The van der Waals surface area contributed by atoms with E-state index in [2.05, 4.69) is 35.8 Å². The summed E-state index contributed by atoms with van der Waals surface area (Å²) in [7, 11) is 0. The van der Waals surface area contributed by atoms with Crippen molar-refractivity contribution in [3.63, 3.8) is 0 Å². The number of thiazole rings is 1. The van der Waals surface area contributed by atoms with Gasteiger partial charge in [-0.3, -0.25) is 4.79 Å². The van der Waals surface area contributed by atoms with Gasteiger partial charge in [-0.1, -0.05) is 6.07 Å². The van der Waals surface area contributed by atoms with Crippen LogP contribution in [0.15, 0.2) is 65.3 Å². The number of fused-ring (bicyclic) bond motifs is 1. The van der Waals surface area contributed by atoms with Crippen molar-refractivity contribution in [1.29, 1.82) is 0 Å². The molecule has 0 unspecified atom stereocenters. The lowest BCUT2D eigenvalue weighted by atomic mass is 10.2. The van der Waals surface area contributed by atoms with E-state index in [4.69, 9.17) is 9.40 Å². The van der Waals surface area contributed by atoms with Gasteiger partial charge in [0.15, 0.2) is 0 Å². The predicted octanol–water partition coefficient (Wildman–Crippen LogP) is 4.59. The Balaban J connectivity index is 1.37. The van der Waals surface area contributed by atoms with Gasteiger partial charge in [-0.2, -0.15) is 0 Å². The summed E-state index contributed by atoms with van der Waals surface area (Å²) in [6.45, 7) is 2.83. The Morgan fingerprint density at radius 1 is 1.15 bits per heavy atom. The van der Waals surface area contributed by atoms with Crippen molar-refractivity contribution in [2.24, 2.45) is 0 Å². The van der Waals surface area contributed by atoms with Crippen LogP contribution in [-0.4, -0.2) is 17.4 Å². The summed E-state index contributed by atoms with van der Waals surface area (Å²) in [5.74, 6) is 0.711. The quantitative estimate of drug-likeness (QED) is 0.516. The Morgan fingerprint density at radius 2 is 2.00 bits per heavy atom. The van der Waals surface area contributed by atoms with Crippen molar-refractivity contribution < 1.29 is 9.21 Å². The Morgan fingerprint density at radius 3 is 2.78 bits per heavy atom. The van der Waals surface area contributed by atoms with Crippen LogP contribution in [0.3, 0.4) is 0 Å². The molecule has 6 heteroatoms. The van der Waals surface area contributed by atoms with E-state index < -0.39 is 0 Å². The molecular weight excluding hydrogens is 358 g/mol. The van der Waals surface area contributed by atoms with Gasteiger partial charge in [0.2, 0.25) is 5.91 Å². The number of hydrogen-bond acceptors (Lipinski definition) is 5. The third-order valence-corrected chi connectivity index (χ3v) is 5.19. The fourth-order valence-corrected chi connectivity index (χ4v) is 3.84. The van der Waals surface area contributed by atoms with Crippen LogP contribution in [0.2, 0.25) is 0 Å². The topological polar surface area (TPSA) is 67.2 Å². The van der Waals surface area contributed by atoms with Gasteiger partial charge < -0.3 is 15.1 Å². The molecule has 2 aromatic heterocycles. The third-order valence-electron chi connectivity index (χ3n) is 4.12. The number of hydrogen-bond donors (Lipinski definition) is 2. The van der Waals surface area contributed by atoms with E-state index in [1.165, 1.54) is 10.3 Å². The summed E-state index contributed by atoms with van der Waals surface area (Å²) in [5.41, 5.74) is 4.06. The van der Waals surface area contributed by atoms with Gasteiger partial charge in [0.25, 0.3) is 0 Å². The number of carbonyl (C=O) groups is 1. The Labute approximate surface area is 161 Å². The lowest BCUT2D eigenvalue weighted by Gasteiger charge is -2.06. The zero-order valence-corrected chi connectivity index (χ0v) is 15.7. The second-order valence-corrected chi connectivity index (χ2v) is 7.33. The smallest absolute Gasteiger partial charge is 0.238 e. The largest absolute Gasteiger partial charge is 0.468 e. The number of benzene rings is 2. The summed E-state index contributed by atoms with van der Waals surface area (Å²) in [6, 6.07) is 17.7. The van der Waals surface area contributed by atoms with Gasteiger partial charge in [-0.25, -0.2) is 4.98 Å². The van der Waals surface area contributed by atoms with Crippen LogP contribution in [0.4, 0.5) is 5.69 Å². The highest BCUT2D eigenvalue weighted by atomic mass is 32.1. The molecule has 2 N–H and O–H groups in total. The number of aromatic nitrogens is 1. The molecule has 2 heterocycles. The SMILES string of the molecule is Cc1ccc2nc(-c3ccc(NC(=O)CNCc4ccco4)cc3)sc2c1. The minimum atomic E-state index is -0.0928. The van der Waals surface area contributed by atoms with E-state index in [0.29, 0.717) is 6.54 Å². The minimum Gasteiger partial charge on any atom is -0.468 e. The standard InChI is InChI=1S/C21H19N3O2S/c1-14-4-9-18-19(11-14)27-21(24-18)15-5-7-16(8-6-15)23-20(25)13-22-12-17-3-2-10-26-17/h2-11,22H,12-13H2,1H3,(H,23,25). The molecule has 0 aliphatic heterocycles. The average Bonchev–Trinajstić information content (AvgIpc) is 3.31. The first-order chi connectivity index (χ1) is 13.2. The van der Waals surface area contributed by atoms with Gasteiger partial charge in [0.1, 0.15) is 10.8 Å². The van der Waals surface area contributed by atoms with Crippen LogP contribution in [-0.2, 0) is 11.3 Å². The summed E-state index contributed by atoms with van der Waals surface area (Å²) < 4.78 is 6.40. The van der Waals surface area contributed by atoms with Crippen molar-refractivity contribution in [1.82, 2.24) is 10.3 Å². The first-order valence-electron chi connectivity index (χ1n) is 8.68. The monoisotopic (exact) mass is 377 g/mol. The first kappa shape index (κ1) is 17.5. The van der Waals surface area contributed by atoms with Crippen LogP contribution < -0.4 is 10.6 Å². The van der Waals surface area contributed by atoms with Crippen LogP contribution in [0.25, 0.3) is 20.8 Å². The van der Waals surface area contributed by atoms with E-state index in [9.17, 15) is 4.79 Å². The van der Waals surface area contributed by atoms with Gasteiger partial charge in [-0.05, 0) is 61.0 Å². The number of carbonyl (C=O) groups excluding carboxylic acids is 1. The van der Waals surface area contributed by atoms with Crippen LogP contribution in [0, 0.1) is 6.92 Å². The van der Waals surface area contributed by atoms with Gasteiger partial charge in [0.05, 0.1) is 29.6 Å². The zero-order valence-electron chi connectivity index (χ0n) is 14.9. The first-order valence-corrected chi connectivity index (χ1v) is 9.49.